The van der Waals surface area contributed by atoms with Crippen molar-refractivity contribution in [1.29, 1.82) is 0 Å². The number of fused-ring (bicyclic) bond motifs is 1. The Balaban J connectivity index is 1.74. The summed E-state index contributed by atoms with van der Waals surface area (Å²) in [7, 11) is 0. The van der Waals surface area contributed by atoms with Crippen LogP contribution in [0.5, 0.6) is 5.75 Å². The Kier molecular flexibility index (Phi) is 5.64. The summed E-state index contributed by atoms with van der Waals surface area (Å²) < 4.78 is 7.76. The summed E-state index contributed by atoms with van der Waals surface area (Å²) in [5.74, 6) is 0.629. The summed E-state index contributed by atoms with van der Waals surface area (Å²) in [6, 6.07) is 10.3. The second kappa shape index (κ2) is 7.74. The van der Waals surface area contributed by atoms with Crippen LogP contribution in [-0.4, -0.2) is 27.4 Å². The van der Waals surface area contributed by atoms with Gasteiger partial charge in [-0.3, -0.25) is 9.36 Å². The minimum absolute atomic E-state index is 0.0441. The monoisotopic (exact) mass is 442 g/mol. The van der Waals surface area contributed by atoms with Gasteiger partial charge in [-0.25, -0.2) is 4.98 Å². The molecule has 5 nitrogen and oxygen atoms in total. The molecule has 0 amide bonds. The number of nitrogens with zero attached hydrogens (tertiary/aromatic N) is 2. The van der Waals surface area contributed by atoms with Gasteiger partial charge in [0, 0.05) is 9.50 Å². The lowest BCUT2D eigenvalue weighted by Crippen LogP contribution is -2.30. The number of aliphatic hydroxyl groups excluding tert-OH is 1. The van der Waals surface area contributed by atoms with Crippen LogP contribution in [0.3, 0.4) is 0 Å². The van der Waals surface area contributed by atoms with E-state index in [0.717, 1.165) is 4.47 Å². The first kappa shape index (κ1) is 18.2. The van der Waals surface area contributed by atoms with E-state index >= 15 is 0 Å². The van der Waals surface area contributed by atoms with Crippen molar-refractivity contribution in [2.45, 2.75) is 12.6 Å². The first-order valence-electron chi connectivity index (χ1n) is 7.34. The van der Waals surface area contributed by atoms with Crippen molar-refractivity contribution < 1.29 is 9.84 Å². The van der Waals surface area contributed by atoms with Crippen molar-refractivity contribution in [1.82, 2.24) is 9.55 Å². The summed E-state index contributed by atoms with van der Waals surface area (Å²) in [6.45, 7) is 0.0881. The third-order valence-electron chi connectivity index (χ3n) is 3.51. The smallest absolute Gasteiger partial charge is 0.261 e. The van der Waals surface area contributed by atoms with Crippen LogP contribution in [0.15, 0.2) is 52.0 Å². The van der Waals surface area contributed by atoms with Crippen LogP contribution in [0.1, 0.15) is 0 Å². The van der Waals surface area contributed by atoms with Gasteiger partial charge < -0.3 is 9.84 Å². The van der Waals surface area contributed by atoms with Crippen molar-refractivity contribution in [2.24, 2.45) is 0 Å². The van der Waals surface area contributed by atoms with Crippen LogP contribution in [0.4, 0.5) is 0 Å². The van der Waals surface area contributed by atoms with Crippen LogP contribution in [0.2, 0.25) is 10.0 Å². The average Bonchev–Trinajstić information content (AvgIpc) is 2.57. The quantitative estimate of drug-likeness (QED) is 0.649. The Morgan fingerprint density at radius 3 is 2.68 bits per heavy atom. The SMILES string of the molecule is O=c1c2cc(Cl)cc(Cl)c2ncn1C[C@H](O)COc1ccc(Br)cc1. The zero-order valence-corrected chi connectivity index (χ0v) is 15.9. The number of hydrogen-bond donors (Lipinski definition) is 1. The highest BCUT2D eigenvalue weighted by molar-refractivity contribution is 9.10. The molecule has 1 atom stereocenters. The Morgan fingerprint density at radius 1 is 1.24 bits per heavy atom. The predicted octanol–water partition coefficient (Wildman–Crippen LogP) is 3.91. The number of rotatable bonds is 5. The molecule has 0 aliphatic heterocycles. The number of halogens is 3. The van der Waals surface area contributed by atoms with Crippen LogP contribution in [0, 0.1) is 0 Å². The molecule has 0 fully saturated rings. The van der Waals surface area contributed by atoms with Gasteiger partial charge in [0.15, 0.2) is 0 Å². The Morgan fingerprint density at radius 2 is 1.96 bits per heavy atom. The maximum atomic E-state index is 12.5. The van der Waals surface area contributed by atoms with E-state index in [4.69, 9.17) is 27.9 Å². The van der Waals surface area contributed by atoms with E-state index in [1.807, 2.05) is 12.1 Å². The summed E-state index contributed by atoms with van der Waals surface area (Å²) in [5, 5.41) is 11.1. The van der Waals surface area contributed by atoms with Crippen molar-refractivity contribution >= 4 is 50.0 Å². The summed E-state index contributed by atoms with van der Waals surface area (Å²) in [6.07, 6.45) is 0.475. The van der Waals surface area contributed by atoms with Gasteiger partial charge in [0.2, 0.25) is 0 Å². The predicted molar refractivity (Wildman–Crippen MR) is 102 cm³/mol. The largest absolute Gasteiger partial charge is 0.491 e. The van der Waals surface area contributed by atoms with Crippen LogP contribution in [0.25, 0.3) is 10.9 Å². The van der Waals surface area contributed by atoms with Crippen molar-refractivity contribution in [3.05, 3.63) is 67.6 Å². The maximum Gasteiger partial charge on any atom is 0.261 e. The number of aliphatic hydroxyl groups is 1. The zero-order chi connectivity index (χ0) is 18.0. The van der Waals surface area contributed by atoms with E-state index in [1.54, 1.807) is 12.1 Å². The molecule has 1 aromatic heterocycles. The fourth-order valence-corrected chi connectivity index (χ4v) is 3.13. The maximum absolute atomic E-state index is 12.5. The van der Waals surface area contributed by atoms with Gasteiger partial charge in [-0.1, -0.05) is 39.1 Å². The van der Waals surface area contributed by atoms with E-state index in [9.17, 15) is 9.90 Å². The molecule has 0 saturated carbocycles. The van der Waals surface area contributed by atoms with Gasteiger partial charge in [-0.2, -0.15) is 0 Å². The molecule has 8 heteroatoms. The Labute approximate surface area is 161 Å². The molecule has 1 heterocycles. The third-order valence-corrected chi connectivity index (χ3v) is 4.54. The van der Waals surface area contributed by atoms with Crippen LogP contribution >= 0.6 is 39.1 Å². The highest BCUT2D eigenvalue weighted by Crippen LogP contribution is 2.24. The van der Waals surface area contributed by atoms with Gasteiger partial charge in [-0.15, -0.1) is 0 Å². The van der Waals surface area contributed by atoms with Gasteiger partial charge in [0.25, 0.3) is 5.56 Å². The molecule has 1 N–H and O–H groups in total. The number of hydrogen-bond acceptors (Lipinski definition) is 4. The van der Waals surface area contributed by atoms with Gasteiger partial charge in [-0.05, 0) is 36.4 Å². The van der Waals surface area contributed by atoms with E-state index in [-0.39, 0.29) is 18.7 Å². The fourth-order valence-electron chi connectivity index (χ4n) is 2.33. The lowest BCUT2D eigenvalue weighted by molar-refractivity contribution is 0.0915. The number of benzene rings is 2. The standard InChI is InChI=1S/C17H13BrCl2N2O3/c18-10-1-3-13(4-2-10)25-8-12(23)7-22-9-21-16-14(17(22)24)5-11(19)6-15(16)20/h1-6,9,12,23H,7-8H2/t12-/m0/s1. The molecule has 0 bridgehead atoms. The highest BCUT2D eigenvalue weighted by Gasteiger charge is 2.12. The topological polar surface area (TPSA) is 64.4 Å². The van der Waals surface area contributed by atoms with Crippen LogP contribution < -0.4 is 10.3 Å². The van der Waals surface area contributed by atoms with Crippen molar-refractivity contribution in [3.63, 3.8) is 0 Å². The molecule has 0 aliphatic carbocycles. The minimum atomic E-state index is -0.879. The molecule has 0 unspecified atom stereocenters. The molecule has 3 aromatic rings. The lowest BCUT2D eigenvalue weighted by Gasteiger charge is -2.14. The molecule has 0 saturated heterocycles. The first-order valence-corrected chi connectivity index (χ1v) is 8.89. The third kappa shape index (κ3) is 4.33. The first-order chi connectivity index (χ1) is 11.9. The molecule has 25 heavy (non-hydrogen) atoms. The van der Waals surface area contributed by atoms with Gasteiger partial charge >= 0.3 is 0 Å². The zero-order valence-electron chi connectivity index (χ0n) is 12.8. The van der Waals surface area contributed by atoms with E-state index < -0.39 is 6.10 Å². The molecule has 3 rings (SSSR count). The molecular weight excluding hydrogens is 431 g/mol. The summed E-state index contributed by atoms with van der Waals surface area (Å²) >= 11 is 15.3. The van der Waals surface area contributed by atoms with E-state index in [0.29, 0.717) is 26.7 Å². The van der Waals surface area contributed by atoms with E-state index in [2.05, 4.69) is 20.9 Å². The number of ether oxygens (including phenoxy) is 1. The summed E-state index contributed by atoms with van der Waals surface area (Å²) in [4.78, 5) is 16.7. The minimum Gasteiger partial charge on any atom is -0.491 e. The Hall–Kier alpha value is -1.60. The molecule has 2 aromatic carbocycles. The van der Waals surface area contributed by atoms with E-state index in [1.165, 1.54) is 23.0 Å². The molecule has 0 spiro atoms. The number of aromatic nitrogens is 2. The molecule has 0 aliphatic rings. The van der Waals surface area contributed by atoms with Gasteiger partial charge in [0.05, 0.1) is 28.8 Å². The second-order valence-electron chi connectivity index (χ2n) is 5.40. The lowest BCUT2D eigenvalue weighted by atomic mass is 10.2. The highest BCUT2D eigenvalue weighted by atomic mass is 79.9. The normalized spacial score (nSPS) is 12.3. The molecule has 0 radical (unpaired) electrons. The average molecular weight is 444 g/mol. The fraction of sp³-hybridized carbons (Fsp3) is 0.176. The van der Waals surface area contributed by atoms with Crippen molar-refractivity contribution in [3.8, 4) is 5.75 Å². The van der Waals surface area contributed by atoms with Gasteiger partial charge in [0.1, 0.15) is 18.5 Å². The van der Waals surface area contributed by atoms with Crippen molar-refractivity contribution in [2.75, 3.05) is 6.61 Å². The Bertz CT molecular complexity index is 961. The molecular formula is C17H13BrCl2N2O3. The van der Waals surface area contributed by atoms with Crippen LogP contribution in [-0.2, 0) is 6.54 Å². The summed E-state index contributed by atoms with van der Waals surface area (Å²) in [5.41, 5.74) is 0.0602. The molecule has 130 valence electrons. The second-order valence-corrected chi connectivity index (χ2v) is 7.16.